The van der Waals surface area contributed by atoms with Gasteiger partial charge in [-0.3, -0.25) is 0 Å². The van der Waals surface area contributed by atoms with Crippen LogP contribution in [0.5, 0.6) is 0 Å². The molecule has 2 aliphatic rings. The van der Waals surface area contributed by atoms with Crippen LogP contribution in [-0.4, -0.2) is 22.1 Å². The van der Waals surface area contributed by atoms with E-state index in [1.54, 1.807) is 0 Å². The molecule has 0 bridgehead atoms. The van der Waals surface area contributed by atoms with Gasteiger partial charge in [0, 0.05) is 51.8 Å². The maximum absolute atomic E-state index is 4.53. The molecule has 2 aliphatic carbocycles. The summed E-state index contributed by atoms with van der Waals surface area (Å²) in [5, 5.41) is 3.31. The van der Waals surface area contributed by atoms with Gasteiger partial charge in [-0.2, -0.15) is 1.33 Å². The van der Waals surface area contributed by atoms with Crippen LogP contribution in [0.15, 0.2) is 0 Å². The van der Waals surface area contributed by atoms with Crippen molar-refractivity contribution < 1.29 is 19.4 Å². The molecule has 3 rings (SSSR count). The summed E-state index contributed by atoms with van der Waals surface area (Å²) in [4.78, 5) is 4.53. The molecule has 4 nitrogen and oxygen atoms in total. The third-order valence-electron chi connectivity index (χ3n) is 4.34. The zero-order valence-corrected chi connectivity index (χ0v) is 19.0. The van der Waals surface area contributed by atoms with E-state index in [1.807, 2.05) is 11.7 Å². The van der Waals surface area contributed by atoms with Crippen LogP contribution >= 0.6 is 45.7 Å². The topological polar surface area (TPSA) is 36.9 Å². The summed E-state index contributed by atoms with van der Waals surface area (Å²) in [6, 6.07) is 0.871. The number of halogens is 2. The number of nitrogens with zero attached hydrogens (tertiary/aromatic N) is 3. The molecule has 1 N–H and O–H groups in total. The number of nitrogens with one attached hydrogen (secondary N) is 1. The maximum atomic E-state index is 4.53. The maximum Gasteiger partial charge on any atom is 0.0311 e. The first kappa shape index (κ1) is 18.6. The van der Waals surface area contributed by atoms with Gasteiger partial charge in [-0.25, -0.2) is 0 Å². The van der Waals surface area contributed by atoms with E-state index in [0.717, 1.165) is 9.85 Å². The molecule has 0 aliphatic heterocycles. The predicted octanol–water partition coefficient (Wildman–Crippen LogP) is 4.81. The van der Waals surface area contributed by atoms with Crippen LogP contribution < -0.4 is 0 Å². The van der Waals surface area contributed by atoms with Crippen LogP contribution in [0.25, 0.3) is 0 Å². The molecule has 2 fully saturated rings. The Hall–Kier alpha value is 1.25. The molecular weight excluding hydrogens is 673 g/mol. The Balaban J connectivity index is 0.000000173. The molecule has 1 aromatic rings. The minimum absolute atomic E-state index is 0.684. The second kappa shape index (κ2) is 9.52. The van der Waals surface area contributed by atoms with Crippen molar-refractivity contribution in [3.05, 3.63) is 9.63 Å². The Bertz CT molecular complexity index is 474. The minimum atomic E-state index is 0.684. The zero-order chi connectivity index (χ0) is 15.2. The Kier molecular flexibility index (Phi) is 8.43. The second-order valence-corrected chi connectivity index (χ2v) is 10.9. The van der Waals surface area contributed by atoms with Gasteiger partial charge in [-0.15, -0.1) is 0 Å². The van der Waals surface area contributed by atoms with E-state index in [-0.39, 0.29) is 0 Å². The Morgan fingerprint density at radius 1 is 1.10 bits per heavy atom. The summed E-state index contributed by atoms with van der Waals surface area (Å²) in [5.74, 6) is 1.87. The molecule has 2 saturated carbocycles. The average Bonchev–Trinajstić information content (AvgIpc) is 3.12. The number of H-pyrrole nitrogens is 1. The van der Waals surface area contributed by atoms with Gasteiger partial charge in [0.1, 0.15) is 0 Å². The van der Waals surface area contributed by atoms with E-state index in [2.05, 4.69) is 76.5 Å². The summed E-state index contributed by atoms with van der Waals surface area (Å²) in [6.07, 6.45) is 12.4. The first-order chi connectivity index (χ1) is 10.1. The molecule has 0 spiro atoms. The molecule has 0 radical (unpaired) electrons. The fourth-order valence-electron chi connectivity index (χ4n) is 3.06. The first-order valence-corrected chi connectivity index (χ1v) is 10.8. The largest absolute Gasteiger partial charge is 0.185 e. The van der Waals surface area contributed by atoms with Crippen LogP contribution in [0.2, 0.25) is 0 Å². The molecule has 1 heterocycles. The van der Waals surface area contributed by atoms with Gasteiger partial charge in [-0.1, -0.05) is 12.8 Å². The van der Waals surface area contributed by atoms with Gasteiger partial charge in [0.05, 0.1) is 0 Å². The summed E-state index contributed by atoms with van der Waals surface area (Å²) in [5.41, 5.74) is 0. The van der Waals surface area contributed by atoms with Gasteiger partial charge in [0.15, 0.2) is 0 Å². The van der Waals surface area contributed by atoms with Gasteiger partial charge < -0.3 is 0 Å². The van der Waals surface area contributed by atoms with Crippen LogP contribution in [0, 0.1) is 3.80 Å². The van der Waals surface area contributed by atoms with E-state index in [9.17, 15) is 0 Å². The minimum Gasteiger partial charge on any atom is -0.185 e. The Morgan fingerprint density at radius 3 is 2.10 bits per heavy atom. The molecule has 0 saturated heterocycles. The van der Waals surface area contributed by atoms with Gasteiger partial charge >= 0.3 is 88.8 Å². The fourth-order valence-corrected chi connectivity index (χ4v) is 4.58. The van der Waals surface area contributed by atoms with Crippen LogP contribution in [-0.2, 0) is 26.4 Å². The predicted molar refractivity (Wildman–Crippen MR) is 98.8 cm³/mol. The van der Waals surface area contributed by atoms with Crippen LogP contribution in [0.4, 0.5) is 0 Å². The quantitative estimate of drug-likeness (QED) is 0.357. The summed E-state index contributed by atoms with van der Waals surface area (Å²) < 4.78 is 5.33. The number of aromatic nitrogens is 3. The van der Waals surface area contributed by atoms with Crippen molar-refractivity contribution in [1.29, 1.82) is 0 Å². The van der Waals surface area contributed by atoms with E-state index in [1.165, 1.54) is 63.6 Å². The van der Waals surface area contributed by atoms with E-state index in [0.29, 0.717) is 5.92 Å². The number of hydrogen-bond donors (Lipinski definition) is 1. The molecule has 0 aromatic carbocycles. The van der Waals surface area contributed by atoms with Crippen molar-refractivity contribution in [3.63, 3.8) is 0 Å². The van der Waals surface area contributed by atoms with E-state index < -0.39 is 0 Å². The molecule has 0 unspecified atom stereocenters. The van der Waals surface area contributed by atoms with Crippen LogP contribution in [0.3, 0.4) is 0 Å². The molecule has 124 valence electrons. The number of rotatable bonds is 2. The molecule has 21 heavy (non-hydrogen) atoms. The normalized spacial score (nSPS) is 20.7. The van der Waals surface area contributed by atoms with Crippen molar-refractivity contribution in [3.8, 4) is 0 Å². The summed E-state index contributed by atoms with van der Waals surface area (Å²) >= 11 is 6.97. The third kappa shape index (κ3) is 5.99. The fraction of sp³-hybridized carbons (Fsp3) is 0.857. The zero-order valence-electron chi connectivity index (χ0n) is 12.4. The van der Waals surface area contributed by atoms with Crippen molar-refractivity contribution in [2.75, 3.05) is 0 Å². The monoisotopic (exact) mass is 697 g/mol. The second-order valence-electron chi connectivity index (χ2n) is 5.94. The number of hydrogen-bond acceptors (Lipinski definition) is 2. The Morgan fingerprint density at radius 2 is 1.67 bits per heavy atom. The first-order valence-electron chi connectivity index (χ1n) is 7.77. The summed E-state index contributed by atoms with van der Waals surface area (Å²) in [7, 11) is 2.02. The van der Waals surface area contributed by atoms with Crippen molar-refractivity contribution >= 4 is 45.7 Å². The molecule has 1 aromatic heterocycles. The molecule has 7 heteroatoms. The average molecular weight is 697 g/mol. The molecule has 0 amide bonds. The van der Waals surface area contributed by atoms with Crippen molar-refractivity contribution in [1.82, 2.24) is 16.1 Å². The molecular formula is C14H24I2N4Pt. The van der Waals surface area contributed by atoms with Crippen molar-refractivity contribution in [2.24, 2.45) is 7.05 Å². The van der Waals surface area contributed by atoms with Crippen LogP contribution in [0.1, 0.15) is 69.5 Å². The smallest absolute Gasteiger partial charge is 0.0311 e. The third-order valence-corrected chi connectivity index (χ3v) is 6.93. The standard InChI is InChI=1S/C9H15N3.C5H9I2N.Pt/c1-12-7-10-9(11-12)8-5-3-2-4-6-8;6-8(7)5-3-1-2-4-5;/h8H,2-6H2,1H3,(H,10,11);5H,1-4H2;. The molecule has 0 atom stereocenters. The van der Waals surface area contributed by atoms with Crippen molar-refractivity contribution in [2.45, 2.75) is 69.7 Å². The van der Waals surface area contributed by atoms with E-state index in [4.69, 9.17) is 0 Å². The SMILES string of the molecule is Cn1[nH]c(C2CCCCC2)n[c]1=[Pt].IN(I)C1CCCC1. The van der Waals surface area contributed by atoms with E-state index >= 15 is 0 Å². The Labute approximate surface area is 166 Å². The van der Waals surface area contributed by atoms with Gasteiger partial charge in [0.2, 0.25) is 0 Å². The number of aromatic amines is 1. The number of aryl methyl sites for hydroxylation is 1. The van der Waals surface area contributed by atoms with Gasteiger partial charge in [-0.05, 0) is 12.8 Å². The summed E-state index contributed by atoms with van der Waals surface area (Å²) in [6.45, 7) is 0. The van der Waals surface area contributed by atoms with Gasteiger partial charge in [0.25, 0.3) is 0 Å².